The maximum atomic E-state index is 3.67. The molecular weight excluding hydrogens is 206 g/mol. The fraction of sp³-hybridized carbons (Fsp3) is 0.875. The monoisotopic (exact) mass is 235 g/mol. The van der Waals surface area contributed by atoms with Crippen LogP contribution >= 0.6 is 0 Å². The van der Waals surface area contributed by atoms with Crippen LogP contribution in [-0.2, 0) is 0 Å². The molecule has 0 aromatic carbocycles. The number of allylic oxidation sites excluding steroid dienone is 1. The normalized spacial score (nSPS) is 30.9. The van der Waals surface area contributed by atoms with Crippen molar-refractivity contribution in [1.29, 1.82) is 0 Å². The Balaban J connectivity index is 1.87. The molecule has 2 fully saturated rings. The summed E-state index contributed by atoms with van der Waals surface area (Å²) in [4.78, 5) is 0. The second-order valence-corrected chi connectivity index (χ2v) is 6.58. The van der Waals surface area contributed by atoms with Gasteiger partial charge in [-0.05, 0) is 43.4 Å². The zero-order valence-corrected chi connectivity index (χ0v) is 11.8. The fourth-order valence-electron chi connectivity index (χ4n) is 2.94. The topological polar surface area (TPSA) is 12.0 Å². The molecule has 2 aliphatic carbocycles. The first kappa shape index (κ1) is 13.1. The van der Waals surface area contributed by atoms with Crippen molar-refractivity contribution >= 4 is 0 Å². The molecule has 0 spiro atoms. The minimum absolute atomic E-state index is 0.707. The standard InChI is InChI=1S/C16H29N/c1-12(2)15(11-17-16-7-8-16)10-14-6-4-5-13(3)9-14/h10,12-14,16-17H,4-9,11H2,1-3H3/b15-10-. The summed E-state index contributed by atoms with van der Waals surface area (Å²) < 4.78 is 0. The largest absolute Gasteiger partial charge is 0.310 e. The Labute approximate surface area is 107 Å². The molecule has 98 valence electrons. The lowest BCUT2D eigenvalue weighted by Crippen LogP contribution is -2.22. The van der Waals surface area contributed by atoms with Crippen molar-refractivity contribution in [3.8, 4) is 0 Å². The predicted molar refractivity (Wildman–Crippen MR) is 75.1 cm³/mol. The van der Waals surface area contributed by atoms with E-state index in [2.05, 4.69) is 32.2 Å². The highest BCUT2D eigenvalue weighted by atomic mass is 14.9. The third kappa shape index (κ3) is 4.46. The van der Waals surface area contributed by atoms with Crippen LogP contribution in [0.15, 0.2) is 11.6 Å². The van der Waals surface area contributed by atoms with E-state index in [1.54, 1.807) is 5.57 Å². The van der Waals surface area contributed by atoms with Gasteiger partial charge in [-0.25, -0.2) is 0 Å². The second-order valence-electron chi connectivity index (χ2n) is 6.58. The molecule has 2 saturated carbocycles. The average molecular weight is 235 g/mol. The summed E-state index contributed by atoms with van der Waals surface area (Å²) in [6, 6.07) is 0.836. The van der Waals surface area contributed by atoms with Crippen LogP contribution < -0.4 is 5.32 Å². The predicted octanol–water partition coefficient (Wildman–Crippen LogP) is 4.15. The van der Waals surface area contributed by atoms with Crippen molar-refractivity contribution < 1.29 is 0 Å². The smallest absolute Gasteiger partial charge is 0.0169 e. The maximum absolute atomic E-state index is 3.67. The summed E-state index contributed by atoms with van der Waals surface area (Å²) in [5.74, 6) is 2.51. The van der Waals surface area contributed by atoms with Crippen molar-refractivity contribution in [2.75, 3.05) is 6.54 Å². The first-order valence-electron chi connectivity index (χ1n) is 7.59. The number of hydrogen-bond donors (Lipinski definition) is 1. The minimum atomic E-state index is 0.707. The lowest BCUT2D eigenvalue weighted by atomic mass is 9.81. The second kappa shape index (κ2) is 6.04. The third-order valence-corrected chi connectivity index (χ3v) is 4.34. The Morgan fingerprint density at radius 1 is 1.24 bits per heavy atom. The van der Waals surface area contributed by atoms with Crippen LogP contribution in [0, 0.1) is 17.8 Å². The number of hydrogen-bond acceptors (Lipinski definition) is 1. The van der Waals surface area contributed by atoms with Gasteiger partial charge in [0.1, 0.15) is 0 Å². The van der Waals surface area contributed by atoms with Crippen molar-refractivity contribution in [2.45, 2.75) is 65.3 Å². The molecule has 0 aromatic heterocycles. The molecule has 0 saturated heterocycles. The molecule has 1 heteroatoms. The van der Waals surface area contributed by atoms with E-state index in [-0.39, 0.29) is 0 Å². The highest BCUT2D eigenvalue weighted by Crippen LogP contribution is 2.31. The van der Waals surface area contributed by atoms with E-state index in [0.29, 0.717) is 5.92 Å². The molecule has 2 atom stereocenters. The molecule has 2 unspecified atom stereocenters. The number of nitrogens with one attached hydrogen (secondary N) is 1. The lowest BCUT2D eigenvalue weighted by Gasteiger charge is -2.26. The SMILES string of the molecule is CC1CCCC(/C=C(/CNC2CC2)C(C)C)C1. The molecule has 0 aromatic rings. The quantitative estimate of drug-likeness (QED) is 0.706. The number of rotatable bonds is 5. The van der Waals surface area contributed by atoms with E-state index in [0.717, 1.165) is 24.4 Å². The van der Waals surface area contributed by atoms with Gasteiger partial charge in [-0.15, -0.1) is 0 Å². The fourth-order valence-corrected chi connectivity index (χ4v) is 2.94. The van der Waals surface area contributed by atoms with Crippen LogP contribution in [0.25, 0.3) is 0 Å². The van der Waals surface area contributed by atoms with Gasteiger partial charge in [0.25, 0.3) is 0 Å². The molecule has 0 bridgehead atoms. The molecule has 2 rings (SSSR count). The molecule has 0 amide bonds. The Morgan fingerprint density at radius 3 is 2.59 bits per heavy atom. The van der Waals surface area contributed by atoms with Gasteiger partial charge in [-0.2, -0.15) is 0 Å². The minimum Gasteiger partial charge on any atom is -0.310 e. The van der Waals surface area contributed by atoms with Crippen LogP contribution in [0.5, 0.6) is 0 Å². The highest BCUT2D eigenvalue weighted by molar-refractivity contribution is 5.10. The first-order valence-corrected chi connectivity index (χ1v) is 7.59. The summed E-state index contributed by atoms with van der Waals surface area (Å²) in [7, 11) is 0. The highest BCUT2D eigenvalue weighted by Gasteiger charge is 2.22. The molecular formula is C16H29N. The van der Waals surface area contributed by atoms with Gasteiger partial charge in [0.2, 0.25) is 0 Å². The van der Waals surface area contributed by atoms with Crippen LogP contribution in [0.3, 0.4) is 0 Å². The maximum Gasteiger partial charge on any atom is 0.0169 e. The average Bonchev–Trinajstić information content (AvgIpc) is 3.07. The van der Waals surface area contributed by atoms with E-state index in [1.807, 2.05) is 0 Å². The third-order valence-electron chi connectivity index (χ3n) is 4.34. The Kier molecular flexibility index (Phi) is 4.67. The van der Waals surface area contributed by atoms with Gasteiger partial charge >= 0.3 is 0 Å². The molecule has 2 aliphatic rings. The van der Waals surface area contributed by atoms with Gasteiger partial charge in [0.15, 0.2) is 0 Å². The van der Waals surface area contributed by atoms with E-state index in [9.17, 15) is 0 Å². The molecule has 0 heterocycles. The van der Waals surface area contributed by atoms with Gasteiger partial charge in [0, 0.05) is 12.6 Å². The van der Waals surface area contributed by atoms with Gasteiger partial charge in [-0.3, -0.25) is 0 Å². The van der Waals surface area contributed by atoms with Crippen LogP contribution in [0.2, 0.25) is 0 Å². The molecule has 1 nitrogen and oxygen atoms in total. The Bertz CT molecular complexity index is 263. The Hall–Kier alpha value is -0.300. The van der Waals surface area contributed by atoms with E-state index < -0.39 is 0 Å². The zero-order valence-electron chi connectivity index (χ0n) is 11.8. The molecule has 0 radical (unpaired) electrons. The summed E-state index contributed by atoms with van der Waals surface area (Å²) in [5.41, 5.74) is 1.65. The van der Waals surface area contributed by atoms with Crippen molar-refractivity contribution in [3.05, 3.63) is 11.6 Å². The van der Waals surface area contributed by atoms with Crippen LogP contribution in [0.4, 0.5) is 0 Å². The van der Waals surface area contributed by atoms with Gasteiger partial charge < -0.3 is 5.32 Å². The molecule has 0 aliphatic heterocycles. The Morgan fingerprint density at radius 2 is 2.00 bits per heavy atom. The van der Waals surface area contributed by atoms with Crippen LogP contribution in [0.1, 0.15) is 59.3 Å². The first-order chi connectivity index (χ1) is 8.15. The van der Waals surface area contributed by atoms with Gasteiger partial charge in [0.05, 0.1) is 0 Å². The molecule has 1 N–H and O–H groups in total. The van der Waals surface area contributed by atoms with Crippen molar-refractivity contribution in [1.82, 2.24) is 5.32 Å². The summed E-state index contributed by atoms with van der Waals surface area (Å²) in [6.45, 7) is 8.23. The molecule has 17 heavy (non-hydrogen) atoms. The van der Waals surface area contributed by atoms with Crippen LogP contribution in [-0.4, -0.2) is 12.6 Å². The van der Waals surface area contributed by atoms with E-state index in [4.69, 9.17) is 0 Å². The zero-order chi connectivity index (χ0) is 12.3. The van der Waals surface area contributed by atoms with E-state index in [1.165, 1.54) is 38.5 Å². The van der Waals surface area contributed by atoms with Gasteiger partial charge in [-0.1, -0.05) is 45.3 Å². The summed E-state index contributed by atoms with van der Waals surface area (Å²) in [5, 5.41) is 3.67. The van der Waals surface area contributed by atoms with Crippen molar-refractivity contribution in [2.24, 2.45) is 17.8 Å². The summed E-state index contributed by atoms with van der Waals surface area (Å²) >= 11 is 0. The summed E-state index contributed by atoms with van der Waals surface area (Å²) in [6.07, 6.45) is 11.1. The van der Waals surface area contributed by atoms with Crippen molar-refractivity contribution in [3.63, 3.8) is 0 Å². The lowest BCUT2D eigenvalue weighted by molar-refractivity contribution is 0.323. The van der Waals surface area contributed by atoms with E-state index >= 15 is 0 Å².